The topological polar surface area (TPSA) is 17.1 Å². The third-order valence-electron chi connectivity index (χ3n) is 4.00. The van der Waals surface area contributed by atoms with E-state index in [9.17, 15) is 4.79 Å². The summed E-state index contributed by atoms with van der Waals surface area (Å²) in [4.78, 5) is 12.7. The molecule has 0 atom stereocenters. The number of rotatable bonds is 5. The van der Waals surface area contributed by atoms with Crippen molar-refractivity contribution in [3.05, 3.63) is 34.9 Å². The fourth-order valence-electron chi connectivity index (χ4n) is 2.64. The number of carbonyl (C=O) groups is 1. The fraction of sp³-hybridized carbons (Fsp3) is 0.533. The van der Waals surface area contributed by atoms with Crippen LogP contribution in [0.25, 0.3) is 0 Å². The normalized spacial score (nSPS) is 11.6. The van der Waals surface area contributed by atoms with Crippen LogP contribution in [0, 0.1) is 13.8 Å². The van der Waals surface area contributed by atoms with Gasteiger partial charge in [0.05, 0.1) is 0 Å². The molecule has 0 aliphatic carbocycles. The number of hydrogen-bond donors (Lipinski definition) is 0. The van der Waals surface area contributed by atoms with Crippen molar-refractivity contribution in [3.63, 3.8) is 0 Å². The monoisotopic (exact) mass is 248 g/mol. The van der Waals surface area contributed by atoms with Crippen LogP contribution in [0.5, 0.6) is 0 Å². The number of benzene rings is 1. The van der Waals surface area contributed by atoms with Gasteiger partial charge in [-0.25, -0.2) is 0 Å². The summed E-state index contributed by atoms with van der Waals surface area (Å²) in [6, 6.07) is 9.42. The molecule has 0 spiro atoms. The Labute approximate surface area is 106 Å². The van der Waals surface area contributed by atoms with E-state index in [-0.39, 0.29) is 0 Å². The van der Waals surface area contributed by atoms with Gasteiger partial charge in [-0.15, -0.1) is 0 Å². The summed E-state index contributed by atoms with van der Waals surface area (Å²) in [6.07, 6.45) is 0. The van der Waals surface area contributed by atoms with Crippen molar-refractivity contribution in [2.45, 2.75) is 52.8 Å². The molecule has 0 fully saturated rings. The Hall–Kier alpha value is -0.893. The number of carbonyl (C=O) groups excluding carboxylic acids is 1. The Morgan fingerprint density at radius 2 is 1.35 bits per heavy atom. The first kappa shape index (κ1) is 14.2. The zero-order valence-electron chi connectivity index (χ0n) is 11.8. The van der Waals surface area contributed by atoms with Crippen molar-refractivity contribution < 1.29 is 4.79 Å². The molecule has 17 heavy (non-hydrogen) atoms. The van der Waals surface area contributed by atoms with Crippen molar-refractivity contribution in [1.82, 2.24) is 0 Å². The lowest BCUT2D eigenvalue weighted by molar-refractivity contribution is 0.106. The summed E-state index contributed by atoms with van der Waals surface area (Å²) >= 11 is 0. The predicted octanol–water partition coefficient (Wildman–Crippen LogP) is 4.53. The van der Waals surface area contributed by atoms with Gasteiger partial charge in [-0.3, -0.25) is 0 Å². The zero-order valence-corrected chi connectivity index (χ0v) is 12.8. The lowest BCUT2D eigenvalue weighted by Crippen LogP contribution is -2.42. The van der Waals surface area contributed by atoms with Crippen LogP contribution in [0.15, 0.2) is 18.2 Å². The van der Waals surface area contributed by atoms with Gasteiger partial charge < -0.3 is 4.79 Å². The third-order valence-corrected chi connectivity index (χ3v) is 9.31. The molecule has 0 heterocycles. The summed E-state index contributed by atoms with van der Waals surface area (Å²) in [6.45, 7) is 10.7. The van der Waals surface area contributed by atoms with E-state index in [1.807, 2.05) is 0 Å². The van der Waals surface area contributed by atoms with Gasteiger partial charge in [0.25, 0.3) is 0 Å². The van der Waals surface area contributed by atoms with E-state index in [2.05, 4.69) is 52.8 Å². The van der Waals surface area contributed by atoms with E-state index < -0.39 is 8.07 Å². The summed E-state index contributed by atoms with van der Waals surface area (Å²) in [5, 5.41) is 0.455. The first-order valence-electron chi connectivity index (χ1n) is 6.62. The molecule has 0 amide bonds. The Bertz CT molecular complexity index is 377. The highest BCUT2D eigenvalue weighted by Gasteiger charge is 2.36. The van der Waals surface area contributed by atoms with E-state index in [1.165, 1.54) is 11.1 Å². The fourth-order valence-corrected chi connectivity index (χ4v) is 5.86. The minimum Gasteiger partial charge on any atom is -0.300 e. The largest absolute Gasteiger partial charge is 0.300 e. The Morgan fingerprint density at radius 1 is 0.941 bits per heavy atom. The van der Waals surface area contributed by atoms with Crippen LogP contribution in [0.4, 0.5) is 0 Å². The van der Waals surface area contributed by atoms with Gasteiger partial charge in [-0.05, 0) is 26.0 Å². The van der Waals surface area contributed by atoms with E-state index in [1.54, 1.807) is 0 Å². The molecule has 2 heteroatoms. The highest BCUT2D eigenvalue weighted by atomic mass is 28.3. The maximum absolute atomic E-state index is 12.7. The van der Waals surface area contributed by atoms with Crippen LogP contribution in [-0.2, 0) is 0 Å². The quantitative estimate of drug-likeness (QED) is 0.699. The molecule has 0 N–H and O–H groups in total. The molecule has 0 aromatic heterocycles. The average molecular weight is 248 g/mol. The second-order valence-corrected chi connectivity index (χ2v) is 10.2. The summed E-state index contributed by atoms with van der Waals surface area (Å²) in [7, 11) is -1.75. The van der Waals surface area contributed by atoms with Crippen LogP contribution in [-0.4, -0.2) is 13.5 Å². The van der Waals surface area contributed by atoms with Gasteiger partial charge in [0, 0.05) is 5.56 Å². The molecule has 0 saturated carbocycles. The molecular weight excluding hydrogens is 224 g/mol. The lowest BCUT2D eigenvalue weighted by atomic mass is 10.1. The van der Waals surface area contributed by atoms with Crippen molar-refractivity contribution in [2.24, 2.45) is 0 Å². The molecule has 0 aliphatic heterocycles. The molecule has 1 aromatic rings. The Balaban J connectivity index is 3.18. The van der Waals surface area contributed by atoms with Crippen molar-refractivity contribution in [3.8, 4) is 0 Å². The molecular formula is C15H24OSi. The van der Waals surface area contributed by atoms with Crippen molar-refractivity contribution in [2.75, 3.05) is 0 Å². The second-order valence-electron chi connectivity index (χ2n) is 5.05. The third kappa shape index (κ3) is 2.86. The number of aryl methyl sites for hydroxylation is 2. The molecule has 0 aliphatic rings. The Morgan fingerprint density at radius 3 is 1.71 bits per heavy atom. The van der Waals surface area contributed by atoms with Gasteiger partial charge in [0.2, 0.25) is 0 Å². The summed E-state index contributed by atoms with van der Waals surface area (Å²) in [5.41, 5.74) is 3.33. The van der Waals surface area contributed by atoms with Gasteiger partial charge in [0.15, 0.2) is 0 Å². The van der Waals surface area contributed by atoms with Crippen molar-refractivity contribution >= 4 is 13.5 Å². The highest BCUT2D eigenvalue weighted by Crippen LogP contribution is 2.25. The molecule has 1 nitrogen and oxygen atoms in total. The highest BCUT2D eigenvalue weighted by molar-refractivity contribution is 7.07. The van der Waals surface area contributed by atoms with E-state index in [4.69, 9.17) is 0 Å². The van der Waals surface area contributed by atoms with Crippen LogP contribution in [0.3, 0.4) is 0 Å². The maximum atomic E-state index is 12.7. The van der Waals surface area contributed by atoms with Gasteiger partial charge >= 0.3 is 0 Å². The minimum atomic E-state index is -1.75. The van der Waals surface area contributed by atoms with Crippen molar-refractivity contribution in [1.29, 1.82) is 0 Å². The van der Waals surface area contributed by atoms with Crippen LogP contribution in [0.1, 0.15) is 42.3 Å². The van der Waals surface area contributed by atoms with E-state index in [0.29, 0.717) is 5.41 Å². The molecule has 94 valence electrons. The molecule has 0 saturated heterocycles. The van der Waals surface area contributed by atoms with E-state index >= 15 is 0 Å². The molecule has 0 bridgehead atoms. The minimum absolute atomic E-state index is 0.455. The Kier molecular flexibility index (Phi) is 4.69. The average Bonchev–Trinajstić information content (AvgIpc) is 2.30. The molecule has 0 radical (unpaired) electrons. The van der Waals surface area contributed by atoms with Gasteiger partial charge in [0.1, 0.15) is 13.5 Å². The maximum Gasteiger partial charge on any atom is 0.140 e. The van der Waals surface area contributed by atoms with Gasteiger partial charge in [-0.2, -0.15) is 0 Å². The summed E-state index contributed by atoms with van der Waals surface area (Å²) < 4.78 is 0. The lowest BCUT2D eigenvalue weighted by Gasteiger charge is -2.26. The molecule has 1 rings (SSSR count). The van der Waals surface area contributed by atoms with E-state index in [0.717, 1.165) is 23.7 Å². The van der Waals surface area contributed by atoms with Crippen LogP contribution < -0.4 is 0 Å². The second kappa shape index (κ2) is 5.63. The molecule has 1 aromatic carbocycles. The zero-order chi connectivity index (χ0) is 13.1. The first-order valence-corrected chi connectivity index (χ1v) is 9.24. The predicted molar refractivity (Wildman–Crippen MR) is 77.4 cm³/mol. The SMILES string of the molecule is CC[Si](CC)(CC)C(=O)c1cc(C)cc(C)c1. The first-order chi connectivity index (χ1) is 7.99. The summed E-state index contributed by atoms with van der Waals surface area (Å²) in [5.74, 6) is 0. The van der Waals surface area contributed by atoms with Gasteiger partial charge in [-0.1, -0.05) is 56.1 Å². The van der Waals surface area contributed by atoms with Crippen LogP contribution in [0.2, 0.25) is 18.1 Å². The number of hydrogen-bond acceptors (Lipinski definition) is 1. The van der Waals surface area contributed by atoms with Crippen LogP contribution >= 0.6 is 0 Å². The molecule has 0 unspecified atom stereocenters. The standard InChI is InChI=1S/C15H24OSi/c1-6-17(7-2,8-3)15(16)14-10-12(4)9-13(5)11-14/h9-11H,6-8H2,1-5H3. The smallest absolute Gasteiger partial charge is 0.140 e.